The van der Waals surface area contributed by atoms with Crippen LogP contribution in [-0.2, 0) is 20.8 Å². The smallest absolute Gasteiger partial charge is 0.271 e. The van der Waals surface area contributed by atoms with Gasteiger partial charge in [0.15, 0.2) is 0 Å². The first-order valence-electron chi connectivity index (χ1n) is 17.0. The zero-order valence-corrected chi connectivity index (χ0v) is 29.7. The summed E-state index contributed by atoms with van der Waals surface area (Å²) in [6.45, 7) is 6.31. The molecule has 3 aromatic rings. The number of carbonyl (C=O) groups is 5. The minimum absolute atomic E-state index is 0.0779. The SMILES string of the molecule is CC(C)C[C@@H]1NC(=O)CCCN(C(=O)CCN2CCCC2=O)CCCNC(=O)c2csc(n2)[C@H](Cc2ccccc2)NC(=O)c2csc1n2. The molecule has 4 heterocycles. The number of hydrogen-bond acceptors (Lipinski definition) is 9. The number of amides is 5. The minimum atomic E-state index is -0.498. The van der Waals surface area contributed by atoms with E-state index in [1.807, 2.05) is 30.3 Å². The third-order valence-electron chi connectivity index (χ3n) is 8.58. The van der Waals surface area contributed by atoms with Crippen LogP contribution < -0.4 is 16.0 Å². The normalized spacial score (nSPS) is 20.1. The largest absolute Gasteiger partial charge is 0.351 e. The molecule has 1 saturated heterocycles. The summed E-state index contributed by atoms with van der Waals surface area (Å²) in [4.78, 5) is 77.9. The van der Waals surface area contributed by atoms with E-state index in [2.05, 4.69) is 39.8 Å². The molecule has 49 heavy (non-hydrogen) atoms. The third kappa shape index (κ3) is 10.4. The highest BCUT2D eigenvalue weighted by Crippen LogP contribution is 2.27. The first kappa shape index (κ1) is 36.1. The second-order valence-corrected chi connectivity index (χ2v) is 14.7. The van der Waals surface area contributed by atoms with Gasteiger partial charge in [0.25, 0.3) is 11.8 Å². The fourth-order valence-corrected chi connectivity index (χ4v) is 7.74. The summed E-state index contributed by atoms with van der Waals surface area (Å²) in [6, 6.07) is 8.90. The zero-order valence-electron chi connectivity index (χ0n) is 28.1. The van der Waals surface area contributed by atoms with Crippen LogP contribution in [0.1, 0.15) is 107 Å². The van der Waals surface area contributed by atoms with Crippen LogP contribution in [-0.4, -0.2) is 82.0 Å². The van der Waals surface area contributed by atoms with Crippen LogP contribution in [0.2, 0.25) is 0 Å². The number of benzene rings is 1. The number of hydrogen-bond donors (Lipinski definition) is 3. The molecule has 262 valence electrons. The molecular formula is C35H45N7O5S2. The summed E-state index contributed by atoms with van der Waals surface area (Å²) >= 11 is 2.64. The summed E-state index contributed by atoms with van der Waals surface area (Å²) in [5.41, 5.74) is 1.52. The molecule has 3 N–H and O–H groups in total. The van der Waals surface area contributed by atoms with Crippen LogP contribution in [0.3, 0.4) is 0 Å². The molecule has 1 aromatic carbocycles. The third-order valence-corrected chi connectivity index (χ3v) is 10.5. The number of likely N-dealkylation sites (tertiary alicyclic amines) is 1. The van der Waals surface area contributed by atoms with E-state index in [0.717, 1.165) is 12.0 Å². The van der Waals surface area contributed by atoms with Gasteiger partial charge in [0.2, 0.25) is 17.7 Å². The van der Waals surface area contributed by atoms with Crippen LogP contribution in [0.25, 0.3) is 0 Å². The quantitative estimate of drug-likeness (QED) is 0.332. The maximum atomic E-state index is 13.5. The van der Waals surface area contributed by atoms with Gasteiger partial charge in [-0.25, -0.2) is 9.97 Å². The summed E-state index contributed by atoms with van der Waals surface area (Å²) in [6.07, 6.45) is 3.85. The predicted molar refractivity (Wildman–Crippen MR) is 188 cm³/mol. The van der Waals surface area contributed by atoms with Crippen molar-refractivity contribution < 1.29 is 24.0 Å². The molecule has 2 atom stereocenters. The van der Waals surface area contributed by atoms with Crippen molar-refractivity contribution in [2.45, 2.75) is 77.3 Å². The first-order chi connectivity index (χ1) is 23.7. The number of carbonyl (C=O) groups excluding carboxylic acids is 5. The standard InChI is InChI=1S/C35H45N7O5S2/c1-23(2)19-25-34-40-28(22-49-34)33(47)38-26(20-24-9-4-3-5-10-24)35-39-27(21-48-35)32(46)36-14-8-17-41(15-6-11-29(43)37-25)31(45)13-18-42-16-7-12-30(42)44/h3-5,9-10,21-23,25-26H,6-8,11-20H2,1-2H3,(H,36,46)(H,37,43)(H,38,47)/t25-,26-/m0/s1. The maximum absolute atomic E-state index is 13.5. The van der Waals surface area contributed by atoms with Crippen LogP contribution in [0.15, 0.2) is 41.1 Å². The van der Waals surface area contributed by atoms with Gasteiger partial charge in [0.1, 0.15) is 21.4 Å². The molecule has 5 rings (SSSR count). The zero-order chi connectivity index (χ0) is 34.8. The van der Waals surface area contributed by atoms with Crippen LogP contribution in [0.5, 0.6) is 0 Å². The van der Waals surface area contributed by atoms with Gasteiger partial charge >= 0.3 is 0 Å². The molecule has 0 aliphatic carbocycles. The van der Waals surface area contributed by atoms with Crippen LogP contribution >= 0.6 is 22.7 Å². The van der Waals surface area contributed by atoms with Gasteiger partial charge in [-0.3, -0.25) is 24.0 Å². The van der Waals surface area contributed by atoms with E-state index in [1.54, 1.807) is 20.6 Å². The summed E-state index contributed by atoms with van der Waals surface area (Å²) in [5.74, 6) is -0.577. The highest BCUT2D eigenvalue weighted by atomic mass is 32.1. The summed E-state index contributed by atoms with van der Waals surface area (Å²) < 4.78 is 0. The molecule has 5 amide bonds. The van der Waals surface area contributed by atoms with E-state index in [0.29, 0.717) is 74.8 Å². The Morgan fingerprint density at radius 3 is 2.22 bits per heavy atom. The van der Waals surface area contributed by atoms with Crippen LogP contribution in [0.4, 0.5) is 0 Å². The van der Waals surface area contributed by atoms with E-state index >= 15 is 0 Å². The Hall–Kier alpha value is -4.17. The molecule has 14 heteroatoms. The topological polar surface area (TPSA) is 154 Å². The number of rotatable bonds is 7. The number of nitrogens with zero attached hydrogens (tertiary/aromatic N) is 4. The fourth-order valence-electron chi connectivity index (χ4n) is 6.03. The summed E-state index contributed by atoms with van der Waals surface area (Å²) in [5, 5.41) is 13.8. The van der Waals surface area contributed by atoms with Crippen molar-refractivity contribution in [3.8, 4) is 0 Å². The first-order valence-corrected chi connectivity index (χ1v) is 18.8. The second kappa shape index (κ2) is 17.5. The van der Waals surface area contributed by atoms with Gasteiger partial charge in [-0.05, 0) is 43.6 Å². The van der Waals surface area contributed by atoms with Gasteiger partial charge in [0.05, 0.1) is 12.1 Å². The van der Waals surface area contributed by atoms with Crippen molar-refractivity contribution in [3.63, 3.8) is 0 Å². The van der Waals surface area contributed by atoms with Gasteiger partial charge in [-0.15, -0.1) is 22.7 Å². The van der Waals surface area contributed by atoms with Crippen molar-refractivity contribution in [3.05, 3.63) is 68.1 Å². The Bertz CT molecular complexity index is 1610. The average Bonchev–Trinajstić information content (AvgIpc) is 3.86. The molecule has 2 aliphatic heterocycles. The second-order valence-electron chi connectivity index (χ2n) is 12.9. The number of nitrogens with one attached hydrogen (secondary N) is 3. The molecule has 12 nitrogen and oxygen atoms in total. The minimum Gasteiger partial charge on any atom is -0.351 e. The monoisotopic (exact) mass is 707 g/mol. The highest BCUT2D eigenvalue weighted by molar-refractivity contribution is 7.10. The fraction of sp³-hybridized carbons (Fsp3) is 0.514. The highest BCUT2D eigenvalue weighted by Gasteiger charge is 2.26. The number of fused-ring (bicyclic) bond motifs is 4. The molecular weight excluding hydrogens is 663 g/mol. The Morgan fingerprint density at radius 2 is 1.53 bits per heavy atom. The molecule has 0 radical (unpaired) electrons. The molecule has 2 aromatic heterocycles. The van der Waals surface area contributed by atoms with Crippen molar-refractivity contribution in [1.29, 1.82) is 0 Å². The van der Waals surface area contributed by atoms with E-state index < -0.39 is 6.04 Å². The Balaban J connectivity index is 1.36. The van der Waals surface area contributed by atoms with E-state index in [-0.39, 0.29) is 65.7 Å². The van der Waals surface area contributed by atoms with Crippen molar-refractivity contribution in [2.75, 3.05) is 32.7 Å². The molecule has 0 unspecified atom stereocenters. The number of thiazole rings is 2. The van der Waals surface area contributed by atoms with E-state index in [4.69, 9.17) is 0 Å². The number of aromatic nitrogens is 2. The lowest BCUT2D eigenvalue weighted by molar-refractivity contribution is -0.133. The summed E-state index contributed by atoms with van der Waals surface area (Å²) in [7, 11) is 0. The molecule has 1 fully saturated rings. The van der Waals surface area contributed by atoms with Crippen molar-refractivity contribution >= 4 is 52.2 Å². The van der Waals surface area contributed by atoms with Crippen molar-refractivity contribution in [1.82, 2.24) is 35.7 Å². The van der Waals surface area contributed by atoms with Gasteiger partial charge < -0.3 is 25.8 Å². The van der Waals surface area contributed by atoms with E-state index in [1.165, 1.54) is 22.7 Å². The van der Waals surface area contributed by atoms with E-state index in [9.17, 15) is 24.0 Å². The van der Waals surface area contributed by atoms with Crippen LogP contribution in [0, 0.1) is 5.92 Å². The van der Waals surface area contributed by atoms with Crippen molar-refractivity contribution in [2.24, 2.45) is 5.92 Å². The Labute approximate surface area is 295 Å². The average molecular weight is 708 g/mol. The lowest BCUT2D eigenvalue weighted by Gasteiger charge is -2.25. The molecule has 2 aliphatic rings. The van der Waals surface area contributed by atoms with Gasteiger partial charge in [-0.2, -0.15) is 0 Å². The lowest BCUT2D eigenvalue weighted by Crippen LogP contribution is -2.38. The molecule has 0 saturated carbocycles. The predicted octanol–water partition coefficient (Wildman–Crippen LogP) is 4.27. The molecule has 0 spiro atoms. The van der Waals surface area contributed by atoms with Gasteiger partial charge in [-0.1, -0.05) is 44.2 Å². The lowest BCUT2D eigenvalue weighted by atomic mass is 10.0. The molecule has 4 bridgehead atoms. The Morgan fingerprint density at radius 1 is 0.857 bits per heavy atom. The Kier molecular flexibility index (Phi) is 12.9. The van der Waals surface area contributed by atoms with Gasteiger partial charge in [0, 0.05) is 62.7 Å². The maximum Gasteiger partial charge on any atom is 0.271 e.